The molecule has 2 aromatic heterocycles. The highest BCUT2D eigenvalue weighted by Crippen LogP contribution is 2.50. The van der Waals surface area contributed by atoms with Gasteiger partial charge in [0.2, 0.25) is 11.3 Å². The zero-order chi connectivity index (χ0) is 18.9. The number of thiophene rings is 1. The standard InChI is InChI=1S/C24H24NOS/c1-14-9-10-15-7-6-8-18-20(15)19(14)21-22(26-18)16(13-24(2,3)4)23-17(25(21)5)11-12-27-23/h6-12H,13H2,1-5H3/q+1. The van der Waals surface area contributed by atoms with Crippen LogP contribution in [-0.4, -0.2) is 0 Å². The molecule has 2 aromatic carbocycles. The topological polar surface area (TPSA) is 13.1 Å². The highest BCUT2D eigenvalue weighted by Gasteiger charge is 2.35. The van der Waals surface area contributed by atoms with Crippen LogP contribution in [0.3, 0.4) is 0 Å². The molecule has 5 rings (SSSR count). The molecule has 0 aliphatic carbocycles. The molecule has 27 heavy (non-hydrogen) atoms. The highest BCUT2D eigenvalue weighted by molar-refractivity contribution is 7.17. The van der Waals surface area contributed by atoms with Crippen molar-refractivity contribution >= 4 is 32.3 Å². The average molecular weight is 375 g/mol. The monoisotopic (exact) mass is 374 g/mol. The molecule has 0 atom stereocenters. The van der Waals surface area contributed by atoms with Crippen LogP contribution >= 0.6 is 11.3 Å². The van der Waals surface area contributed by atoms with E-state index in [2.05, 4.69) is 81.1 Å². The quantitative estimate of drug-likeness (QED) is 0.303. The SMILES string of the molecule is Cc1ccc2cccc3c2c1-c1c(c(CC(C)(C)C)c2sccc2[n+]1C)O3. The lowest BCUT2D eigenvalue weighted by Gasteiger charge is -2.25. The minimum absolute atomic E-state index is 0.187. The zero-order valence-corrected chi connectivity index (χ0v) is 17.3. The molecule has 0 spiro atoms. The maximum atomic E-state index is 6.63. The number of rotatable bonds is 1. The number of benzene rings is 2. The van der Waals surface area contributed by atoms with Gasteiger partial charge in [0.15, 0.2) is 0 Å². The Morgan fingerprint density at radius 3 is 2.67 bits per heavy atom. The summed E-state index contributed by atoms with van der Waals surface area (Å²) in [5.41, 5.74) is 6.64. The summed E-state index contributed by atoms with van der Waals surface area (Å²) >= 11 is 1.82. The van der Waals surface area contributed by atoms with Crippen LogP contribution < -0.4 is 9.30 Å². The van der Waals surface area contributed by atoms with Crippen molar-refractivity contribution in [3.05, 3.63) is 52.9 Å². The Bertz CT molecular complexity index is 1230. The van der Waals surface area contributed by atoms with Gasteiger partial charge >= 0.3 is 0 Å². The highest BCUT2D eigenvalue weighted by atomic mass is 32.1. The number of pyridine rings is 1. The van der Waals surface area contributed by atoms with E-state index in [0.717, 1.165) is 17.9 Å². The Morgan fingerprint density at radius 1 is 1.07 bits per heavy atom. The lowest BCUT2D eigenvalue weighted by atomic mass is 9.85. The minimum Gasteiger partial charge on any atom is -0.449 e. The number of aryl methyl sites for hydroxylation is 2. The van der Waals surface area contributed by atoms with Gasteiger partial charge in [-0.3, -0.25) is 0 Å². The van der Waals surface area contributed by atoms with Crippen molar-refractivity contribution in [2.45, 2.75) is 34.1 Å². The molecular formula is C24H24NOS+. The van der Waals surface area contributed by atoms with Crippen molar-refractivity contribution in [2.75, 3.05) is 0 Å². The largest absolute Gasteiger partial charge is 0.449 e. The number of nitrogens with zero attached hydrogens (tertiary/aromatic N) is 1. The second-order valence-electron chi connectivity index (χ2n) is 8.80. The van der Waals surface area contributed by atoms with Crippen molar-refractivity contribution < 1.29 is 9.30 Å². The maximum absolute atomic E-state index is 6.63. The lowest BCUT2D eigenvalue weighted by molar-refractivity contribution is -0.633. The molecule has 136 valence electrons. The Kier molecular flexibility index (Phi) is 3.45. The molecule has 1 aliphatic rings. The molecular weight excluding hydrogens is 350 g/mol. The molecule has 1 aliphatic heterocycles. The fourth-order valence-electron chi connectivity index (χ4n) is 4.34. The lowest BCUT2D eigenvalue weighted by Crippen LogP contribution is -2.34. The molecule has 3 heterocycles. The Morgan fingerprint density at radius 2 is 1.89 bits per heavy atom. The summed E-state index contributed by atoms with van der Waals surface area (Å²) in [6.07, 6.45) is 0.990. The van der Waals surface area contributed by atoms with E-state index in [9.17, 15) is 0 Å². The number of hydrogen-bond acceptors (Lipinski definition) is 2. The fourth-order valence-corrected chi connectivity index (χ4v) is 5.31. The van der Waals surface area contributed by atoms with Crippen LogP contribution in [0, 0.1) is 12.3 Å². The molecule has 0 N–H and O–H groups in total. The van der Waals surface area contributed by atoms with Crippen LogP contribution in [0.15, 0.2) is 41.8 Å². The van der Waals surface area contributed by atoms with Gasteiger partial charge in [0, 0.05) is 17.0 Å². The van der Waals surface area contributed by atoms with Crippen molar-refractivity contribution in [3.8, 4) is 22.8 Å². The van der Waals surface area contributed by atoms with Gasteiger partial charge in [-0.1, -0.05) is 45.0 Å². The number of ether oxygens (including phenoxy) is 1. The molecule has 3 heteroatoms. The van der Waals surface area contributed by atoms with Crippen LogP contribution in [0.4, 0.5) is 0 Å². The van der Waals surface area contributed by atoms with Gasteiger partial charge in [0.25, 0.3) is 5.69 Å². The second kappa shape index (κ2) is 5.56. The third kappa shape index (κ3) is 2.41. The van der Waals surface area contributed by atoms with E-state index in [-0.39, 0.29) is 5.41 Å². The molecule has 4 aromatic rings. The first-order valence-corrected chi connectivity index (χ1v) is 10.4. The van der Waals surface area contributed by atoms with Crippen molar-refractivity contribution in [1.82, 2.24) is 0 Å². The van der Waals surface area contributed by atoms with E-state index in [1.54, 1.807) is 0 Å². The van der Waals surface area contributed by atoms with Gasteiger partial charge in [-0.2, -0.15) is 4.57 Å². The van der Waals surface area contributed by atoms with E-state index in [4.69, 9.17) is 4.74 Å². The Hall–Kier alpha value is -2.39. The summed E-state index contributed by atoms with van der Waals surface area (Å²) in [6.45, 7) is 9.11. The van der Waals surface area contributed by atoms with E-state index in [0.29, 0.717) is 0 Å². The summed E-state index contributed by atoms with van der Waals surface area (Å²) in [6, 6.07) is 13.0. The van der Waals surface area contributed by atoms with Crippen molar-refractivity contribution in [3.63, 3.8) is 0 Å². The van der Waals surface area contributed by atoms with Crippen LogP contribution in [0.2, 0.25) is 0 Å². The number of fused-ring (bicyclic) bond motifs is 3. The average Bonchev–Trinajstić information content (AvgIpc) is 3.10. The molecule has 2 nitrogen and oxygen atoms in total. The molecule has 0 saturated heterocycles. The van der Waals surface area contributed by atoms with Crippen LogP contribution in [0.1, 0.15) is 31.9 Å². The van der Waals surface area contributed by atoms with Gasteiger partial charge in [-0.25, -0.2) is 0 Å². The van der Waals surface area contributed by atoms with Gasteiger partial charge in [0.05, 0.1) is 5.56 Å². The zero-order valence-electron chi connectivity index (χ0n) is 16.5. The van der Waals surface area contributed by atoms with Gasteiger partial charge in [-0.05, 0) is 41.2 Å². The molecule has 0 unspecified atom stereocenters. The first kappa shape index (κ1) is 16.8. The molecule has 0 bridgehead atoms. The van der Waals surface area contributed by atoms with Gasteiger partial charge < -0.3 is 4.74 Å². The Labute approximate surface area is 164 Å². The summed E-state index contributed by atoms with van der Waals surface area (Å²) in [7, 11) is 2.17. The summed E-state index contributed by atoms with van der Waals surface area (Å²) < 4.78 is 10.3. The number of aromatic nitrogens is 1. The van der Waals surface area contributed by atoms with Crippen molar-refractivity contribution in [2.24, 2.45) is 12.5 Å². The third-order valence-corrected chi connectivity index (χ3v) is 6.44. The predicted molar refractivity (Wildman–Crippen MR) is 114 cm³/mol. The van der Waals surface area contributed by atoms with Crippen LogP contribution in [0.5, 0.6) is 11.5 Å². The minimum atomic E-state index is 0.187. The van der Waals surface area contributed by atoms with Crippen LogP contribution in [0.25, 0.3) is 32.2 Å². The molecule has 0 saturated carbocycles. The maximum Gasteiger partial charge on any atom is 0.257 e. The summed E-state index contributed by atoms with van der Waals surface area (Å²) in [5, 5.41) is 4.67. The molecule has 0 fully saturated rings. The second-order valence-corrected chi connectivity index (χ2v) is 9.72. The molecule has 0 radical (unpaired) electrons. The van der Waals surface area contributed by atoms with E-state index in [1.165, 1.54) is 43.4 Å². The van der Waals surface area contributed by atoms with Crippen molar-refractivity contribution in [1.29, 1.82) is 0 Å². The van der Waals surface area contributed by atoms with E-state index >= 15 is 0 Å². The Balaban J connectivity index is 1.97. The fraction of sp³-hybridized carbons (Fsp3) is 0.292. The molecule has 0 amide bonds. The van der Waals surface area contributed by atoms with E-state index < -0.39 is 0 Å². The van der Waals surface area contributed by atoms with Gasteiger partial charge in [-0.15, -0.1) is 11.3 Å². The first-order chi connectivity index (χ1) is 12.8. The predicted octanol–water partition coefficient (Wildman–Crippen LogP) is 6.55. The summed E-state index contributed by atoms with van der Waals surface area (Å²) in [4.78, 5) is 0. The number of hydrogen-bond donors (Lipinski definition) is 0. The first-order valence-electron chi connectivity index (χ1n) is 9.48. The smallest absolute Gasteiger partial charge is 0.257 e. The normalized spacial score (nSPS) is 13.1. The summed E-state index contributed by atoms with van der Waals surface area (Å²) in [5.74, 6) is 2.02. The van der Waals surface area contributed by atoms with E-state index in [1.807, 2.05) is 11.3 Å². The van der Waals surface area contributed by atoms with Crippen LogP contribution in [-0.2, 0) is 13.5 Å². The third-order valence-electron chi connectivity index (χ3n) is 5.48. The van der Waals surface area contributed by atoms with Gasteiger partial charge in [0.1, 0.15) is 17.5 Å².